The fourth-order valence-corrected chi connectivity index (χ4v) is 1.65. The number of nitrogens with zero attached hydrogens (tertiary/aromatic N) is 2. The molecule has 0 rings (SSSR count). The minimum absolute atomic E-state index is 0.276. The number of carboxylic acids is 1. The Bertz CT molecular complexity index is 319. The van der Waals surface area contributed by atoms with E-state index in [0.29, 0.717) is 19.6 Å². The van der Waals surface area contributed by atoms with Gasteiger partial charge in [-0.15, -0.1) is 0 Å². The van der Waals surface area contributed by atoms with E-state index < -0.39 is 24.1 Å². The fraction of sp³-hybridized carbons (Fsp3) is 0.846. The summed E-state index contributed by atoms with van der Waals surface area (Å²) in [5.41, 5.74) is 0. The van der Waals surface area contributed by atoms with Crippen molar-refractivity contribution in [2.75, 3.05) is 33.7 Å². The highest BCUT2D eigenvalue weighted by atomic mass is 16.4. The van der Waals surface area contributed by atoms with Crippen molar-refractivity contribution in [3.8, 4) is 0 Å². The number of hydrogen-bond donors (Lipinski definition) is 3. The van der Waals surface area contributed by atoms with Crippen molar-refractivity contribution >= 4 is 12.0 Å². The predicted octanol–water partition coefficient (Wildman–Crippen LogP) is 0.0496. The van der Waals surface area contributed by atoms with E-state index in [1.165, 1.54) is 6.92 Å². The Morgan fingerprint density at radius 1 is 1.15 bits per heavy atom. The maximum absolute atomic E-state index is 12.1. The average molecular weight is 289 g/mol. The molecule has 0 spiro atoms. The first kappa shape index (κ1) is 18.7. The Morgan fingerprint density at radius 3 is 2.05 bits per heavy atom. The molecule has 118 valence electrons. The van der Waals surface area contributed by atoms with Gasteiger partial charge in [-0.25, -0.2) is 9.59 Å². The number of aliphatic hydroxyl groups excluding tert-OH is 1. The first-order chi connectivity index (χ1) is 9.15. The highest BCUT2D eigenvalue weighted by Gasteiger charge is 2.27. The lowest BCUT2D eigenvalue weighted by Crippen LogP contribution is -2.53. The zero-order valence-electron chi connectivity index (χ0n) is 13.0. The van der Waals surface area contributed by atoms with E-state index in [1.54, 1.807) is 4.90 Å². The lowest BCUT2D eigenvalue weighted by atomic mass is 10.2. The average Bonchev–Trinajstić information content (AvgIpc) is 2.29. The molecule has 0 bridgehead atoms. The Kier molecular flexibility index (Phi) is 8.17. The lowest BCUT2D eigenvalue weighted by molar-refractivity contribution is -0.141. The maximum atomic E-state index is 12.1. The number of carbonyl (C=O) groups excluding carboxylic acids is 1. The topological polar surface area (TPSA) is 93.1 Å². The van der Waals surface area contributed by atoms with Crippen molar-refractivity contribution in [3.05, 3.63) is 0 Å². The van der Waals surface area contributed by atoms with Crippen LogP contribution in [0.2, 0.25) is 0 Å². The molecule has 0 aromatic carbocycles. The highest BCUT2D eigenvalue weighted by molar-refractivity contribution is 5.83. The van der Waals surface area contributed by atoms with Gasteiger partial charge in [-0.2, -0.15) is 0 Å². The number of likely N-dealkylation sites (N-methyl/N-ethyl adjacent to an activating group) is 1. The molecule has 0 aromatic heterocycles. The van der Waals surface area contributed by atoms with Crippen molar-refractivity contribution in [1.29, 1.82) is 0 Å². The third-order valence-corrected chi connectivity index (χ3v) is 2.72. The van der Waals surface area contributed by atoms with E-state index in [9.17, 15) is 14.7 Å². The molecule has 0 radical (unpaired) electrons. The summed E-state index contributed by atoms with van der Waals surface area (Å²) in [7, 11) is 3.81. The zero-order valence-corrected chi connectivity index (χ0v) is 13.0. The van der Waals surface area contributed by atoms with Gasteiger partial charge in [0.05, 0.1) is 6.10 Å². The molecule has 0 heterocycles. The van der Waals surface area contributed by atoms with Gasteiger partial charge in [0.15, 0.2) is 6.04 Å². The van der Waals surface area contributed by atoms with Gasteiger partial charge in [0.25, 0.3) is 0 Å². The summed E-state index contributed by atoms with van der Waals surface area (Å²) in [5.74, 6) is -0.969. The van der Waals surface area contributed by atoms with E-state index in [2.05, 4.69) is 5.32 Å². The number of nitrogens with one attached hydrogen (secondary N) is 1. The Balaban J connectivity index is 4.71. The molecule has 7 heteroatoms. The lowest BCUT2D eigenvalue weighted by Gasteiger charge is -2.28. The van der Waals surface area contributed by atoms with Crippen LogP contribution in [-0.2, 0) is 4.79 Å². The van der Waals surface area contributed by atoms with Crippen LogP contribution >= 0.6 is 0 Å². The van der Waals surface area contributed by atoms with Crippen molar-refractivity contribution in [1.82, 2.24) is 15.1 Å². The van der Waals surface area contributed by atoms with Crippen LogP contribution in [0.1, 0.15) is 20.8 Å². The number of carboxylic acid groups (broad SMARTS) is 1. The van der Waals surface area contributed by atoms with Gasteiger partial charge in [-0.3, -0.25) is 0 Å². The van der Waals surface area contributed by atoms with E-state index in [0.717, 1.165) is 0 Å². The van der Waals surface area contributed by atoms with Crippen LogP contribution in [0.5, 0.6) is 0 Å². The normalized spacial score (nSPS) is 14.2. The van der Waals surface area contributed by atoms with Gasteiger partial charge in [0.2, 0.25) is 0 Å². The molecular formula is C13H27N3O4. The largest absolute Gasteiger partial charge is 0.480 e. The van der Waals surface area contributed by atoms with Crippen LogP contribution in [0, 0.1) is 5.92 Å². The molecule has 2 unspecified atom stereocenters. The van der Waals surface area contributed by atoms with Crippen molar-refractivity contribution in [2.45, 2.75) is 32.9 Å². The Hall–Kier alpha value is -1.34. The van der Waals surface area contributed by atoms with Crippen LogP contribution in [0.3, 0.4) is 0 Å². The maximum Gasteiger partial charge on any atom is 0.328 e. The molecule has 0 aliphatic heterocycles. The number of rotatable bonds is 8. The van der Waals surface area contributed by atoms with Crippen molar-refractivity contribution in [3.63, 3.8) is 0 Å². The van der Waals surface area contributed by atoms with Gasteiger partial charge in [-0.1, -0.05) is 13.8 Å². The third-order valence-electron chi connectivity index (χ3n) is 2.72. The Morgan fingerprint density at radius 2 is 1.70 bits per heavy atom. The van der Waals surface area contributed by atoms with E-state index in [1.807, 2.05) is 32.8 Å². The van der Waals surface area contributed by atoms with Gasteiger partial charge >= 0.3 is 12.0 Å². The summed E-state index contributed by atoms with van der Waals surface area (Å²) < 4.78 is 0. The molecule has 2 amide bonds. The summed E-state index contributed by atoms with van der Waals surface area (Å²) in [6.07, 6.45) is -1.15. The minimum Gasteiger partial charge on any atom is -0.480 e. The summed E-state index contributed by atoms with van der Waals surface area (Å²) in [6.45, 7) is 7.03. The fourth-order valence-electron chi connectivity index (χ4n) is 1.65. The van der Waals surface area contributed by atoms with Gasteiger partial charge < -0.3 is 25.3 Å². The second-order valence-corrected chi connectivity index (χ2v) is 5.65. The first-order valence-electron chi connectivity index (χ1n) is 6.76. The third kappa shape index (κ3) is 7.30. The van der Waals surface area contributed by atoms with E-state index in [-0.39, 0.29) is 5.92 Å². The van der Waals surface area contributed by atoms with E-state index >= 15 is 0 Å². The second kappa shape index (κ2) is 8.76. The summed E-state index contributed by atoms with van der Waals surface area (Å²) in [4.78, 5) is 26.6. The standard InChI is InChI=1S/C13H27N3O4/c1-9(2)8-16(7-6-15(4)5)13(20)14-11(10(3)17)12(18)19/h9-11,17H,6-8H2,1-5H3,(H,14,20)(H,18,19). The number of carbonyl (C=O) groups is 2. The molecule has 0 fully saturated rings. The summed E-state index contributed by atoms with van der Waals surface area (Å²) >= 11 is 0. The van der Waals surface area contributed by atoms with Gasteiger partial charge in [-0.05, 0) is 26.9 Å². The quantitative estimate of drug-likeness (QED) is 0.587. The summed E-state index contributed by atoms with van der Waals surface area (Å²) in [5, 5.41) is 20.7. The monoisotopic (exact) mass is 289 g/mol. The highest BCUT2D eigenvalue weighted by Crippen LogP contribution is 2.02. The molecule has 0 saturated carbocycles. The molecule has 0 aliphatic carbocycles. The molecule has 3 N–H and O–H groups in total. The Labute approximate surface area is 120 Å². The SMILES string of the molecule is CC(C)CN(CCN(C)C)C(=O)NC(C(=O)O)C(C)O. The van der Waals surface area contributed by atoms with Crippen LogP contribution in [0.25, 0.3) is 0 Å². The number of hydrogen-bond acceptors (Lipinski definition) is 4. The van der Waals surface area contributed by atoms with Crippen LogP contribution in [0.15, 0.2) is 0 Å². The molecule has 0 aliphatic rings. The summed E-state index contributed by atoms with van der Waals surface area (Å²) in [6, 6.07) is -1.76. The minimum atomic E-state index is -1.29. The van der Waals surface area contributed by atoms with E-state index in [4.69, 9.17) is 5.11 Å². The molecule has 0 saturated heterocycles. The first-order valence-corrected chi connectivity index (χ1v) is 6.76. The second-order valence-electron chi connectivity index (χ2n) is 5.65. The number of aliphatic hydroxyl groups is 1. The van der Waals surface area contributed by atoms with Gasteiger partial charge in [0, 0.05) is 19.6 Å². The van der Waals surface area contributed by atoms with Gasteiger partial charge in [0.1, 0.15) is 0 Å². The smallest absolute Gasteiger partial charge is 0.328 e. The molecule has 20 heavy (non-hydrogen) atoms. The number of amides is 2. The van der Waals surface area contributed by atoms with Crippen LogP contribution in [-0.4, -0.2) is 77.9 Å². The predicted molar refractivity (Wildman–Crippen MR) is 76.6 cm³/mol. The number of aliphatic carboxylic acids is 1. The van der Waals surface area contributed by atoms with Crippen molar-refractivity contribution < 1.29 is 19.8 Å². The number of urea groups is 1. The van der Waals surface area contributed by atoms with Crippen LogP contribution < -0.4 is 5.32 Å². The molecular weight excluding hydrogens is 262 g/mol. The van der Waals surface area contributed by atoms with Crippen molar-refractivity contribution in [2.24, 2.45) is 5.92 Å². The molecule has 7 nitrogen and oxygen atoms in total. The van der Waals surface area contributed by atoms with Crippen LogP contribution in [0.4, 0.5) is 4.79 Å². The molecule has 0 aromatic rings. The molecule has 2 atom stereocenters. The zero-order chi connectivity index (χ0) is 15.9.